The molecule has 0 unspecified atom stereocenters. The van der Waals surface area contributed by atoms with Gasteiger partial charge in [0.25, 0.3) is 0 Å². The van der Waals surface area contributed by atoms with Crippen molar-refractivity contribution >= 4 is 21.6 Å². The Morgan fingerprint density at radius 3 is 2.73 bits per heavy atom. The van der Waals surface area contributed by atoms with Gasteiger partial charge in [0.15, 0.2) is 0 Å². The molecule has 0 amide bonds. The van der Waals surface area contributed by atoms with E-state index in [-0.39, 0.29) is 11.4 Å². The lowest BCUT2D eigenvalue weighted by atomic mass is 10.0. The minimum absolute atomic E-state index is 0.198. The predicted molar refractivity (Wildman–Crippen MR) is 65.5 cm³/mol. The third kappa shape index (κ3) is 3.80. The molecule has 3 N–H and O–H groups in total. The van der Waals surface area contributed by atoms with Gasteiger partial charge in [-0.2, -0.15) is 0 Å². The van der Waals surface area contributed by atoms with Gasteiger partial charge in [-0.1, -0.05) is 15.9 Å². The number of halogens is 2. The Morgan fingerprint density at radius 2 is 2.13 bits per heavy atom. The van der Waals surface area contributed by atoms with Gasteiger partial charge in [0, 0.05) is 10.0 Å². The fraction of sp³-hybridized carbons (Fsp3) is 0.455. The standard InChI is InChI=1S/C11H16BrFN2/c1-11(2,5-6-14)15-10-7-8(12)3-4-9(10)13/h3-4,7,15H,5-6,14H2,1-2H3. The van der Waals surface area contributed by atoms with Gasteiger partial charge in [0.2, 0.25) is 0 Å². The van der Waals surface area contributed by atoms with Crippen LogP contribution >= 0.6 is 15.9 Å². The molecule has 0 aliphatic heterocycles. The molecule has 2 nitrogen and oxygen atoms in total. The molecule has 0 bridgehead atoms. The zero-order valence-corrected chi connectivity index (χ0v) is 10.6. The van der Waals surface area contributed by atoms with Crippen LogP contribution in [0.5, 0.6) is 0 Å². The number of hydrogen-bond donors (Lipinski definition) is 2. The summed E-state index contributed by atoms with van der Waals surface area (Å²) in [6.07, 6.45) is 0.791. The third-order valence-corrected chi connectivity index (χ3v) is 2.66. The van der Waals surface area contributed by atoms with Gasteiger partial charge >= 0.3 is 0 Å². The van der Waals surface area contributed by atoms with Crippen LogP contribution < -0.4 is 11.1 Å². The molecule has 1 aromatic rings. The highest BCUT2D eigenvalue weighted by Gasteiger charge is 2.17. The van der Waals surface area contributed by atoms with Crippen molar-refractivity contribution in [3.63, 3.8) is 0 Å². The van der Waals surface area contributed by atoms with Crippen molar-refractivity contribution in [1.82, 2.24) is 0 Å². The monoisotopic (exact) mass is 274 g/mol. The fourth-order valence-electron chi connectivity index (χ4n) is 1.38. The van der Waals surface area contributed by atoms with Gasteiger partial charge < -0.3 is 11.1 Å². The molecule has 1 rings (SSSR count). The molecule has 0 radical (unpaired) electrons. The summed E-state index contributed by atoms with van der Waals surface area (Å²) in [6, 6.07) is 4.84. The predicted octanol–water partition coefficient (Wildman–Crippen LogP) is 3.13. The number of anilines is 1. The molecule has 0 saturated heterocycles. The summed E-state index contributed by atoms with van der Waals surface area (Å²) in [5.74, 6) is -0.247. The Kier molecular flexibility index (Phi) is 4.11. The van der Waals surface area contributed by atoms with E-state index in [9.17, 15) is 4.39 Å². The number of nitrogens with two attached hydrogens (primary N) is 1. The second-order valence-corrected chi connectivity index (χ2v) is 5.09. The second-order valence-electron chi connectivity index (χ2n) is 4.17. The molecule has 0 atom stereocenters. The molecule has 15 heavy (non-hydrogen) atoms. The van der Waals surface area contributed by atoms with Crippen LogP contribution in [0.15, 0.2) is 22.7 Å². The van der Waals surface area contributed by atoms with Crippen molar-refractivity contribution in [3.05, 3.63) is 28.5 Å². The average molecular weight is 275 g/mol. The minimum atomic E-state index is -0.247. The van der Waals surface area contributed by atoms with Crippen LogP contribution in [-0.2, 0) is 0 Å². The average Bonchev–Trinajstić information content (AvgIpc) is 2.10. The highest BCUT2D eigenvalue weighted by Crippen LogP contribution is 2.24. The van der Waals surface area contributed by atoms with E-state index in [0.717, 1.165) is 10.9 Å². The van der Waals surface area contributed by atoms with Crippen LogP contribution in [0.25, 0.3) is 0 Å². The summed E-state index contributed by atoms with van der Waals surface area (Å²) in [5, 5.41) is 3.14. The van der Waals surface area contributed by atoms with Crippen LogP contribution in [0.4, 0.5) is 10.1 Å². The van der Waals surface area contributed by atoms with Gasteiger partial charge in [-0.3, -0.25) is 0 Å². The molecule has 4 heteroatoms. The van der Waals surface area contributed by atoms with Crippen molar-refractivity contribution in [1.29, 1.82) is 0 Å². The lowest BCUT2D eigenvalue weighted by Gasteiger charge is -2.27. The van der Waals surface area contributed by atoms with Crippen LogP contribution in [0, 0.1) is 5.82 Å². The maximum absolute atomic E-state index is 13.4. The second kappa shape index (κ2) is 4.94. The SMILES string of the molecule is CC(C)(CCN)Nc1cc(Br)ccc1F. The quantitative estimate of drug-likeness (QED) is 0.886. The molecule has 0 aliphatic carbocycles. The summed E-state index contributed by atoms with van der Waals surface area (Å²) in [7, 11) is 0. The van der Waals surface area contributed by atoms with E-state index in [1.54, 1.807) is 12.1 Å². The molecule has 0 aliphatic rings. The van der Waals surface area contributed by atoms with Crippen molar-refractivity contribution in [2.75, 3.05) is 11.9 Å². The van der Waals surface area contributed by atoms with Gasteiger partial charge in [0.1, 0.15) is 5.82 Å². The van der Waals surface area contributed by atoms with E-state index in [1.807, 2.05) is 13.8 Å². The molecule has 0 heterocycles. The van der Waals surface area contributed by atoms with Gasteiger partial charge in [-0.05, 0) is 45.0 Å². The minimum Gasteiger partial charge on any atom is -0.378 e. The number of hydrogen-bond acceptors (Lipinski definition) is 2. The molecular weight excluding hydrogens is 259 g/mol. The Bertz CT molecular complexity index is 339. The zero-order valence-electron chi connectivity index (χ0n) is 8.98. The first-order chi connectivity index (χ1) is 6.94. The highest BCUT2D eigenvalue weighted by molar-refractivity contribution is 9.10. The van der Waals surface area contributed by atoms with Crippen molar-refractivity contribution in [2.24, 2.45) is 5.73 Å². The van der Waals surface area contributed by atoms with E-state index in [0.29, 0.717) is 12.2 Å². The molecule has 0 saturated carbocycles. The summed E-state index contributed by atoms with van der Waals surface area (Å²) < 4.78 is 14.3. The van der Waals surface area contributed by atoms with E-state index in [1.165, 1.54) is 6.07 Å². The van der Waals surface area contributed by atoms with Gasteiger partial charge in [-0.25, -0.2) is 4.39 Å². The van der Waals surface area contributed by atoms with Crippen LogP contribution in [0.2, 0.25) is 0 Å². The van der Waals surface area contributed by atoms with Gasteiger partial charge in [0.05, 0.1) is 5.69 Å². The molecule has 1 aromatic carbocycles. The Balaban J connectivity index is 2.83. The Morgan fingerprint density at radius 1 is 1.47 bits per heavy atom. The van der Waals surface area contributed by atoms with E-state index >= 15 is 0 Å². The van der Waals surface area contributed by atoms with Crippen LogP contribution in [0.3, 0.4) is 0 Å². The van der Waals surface area contributed by atoms with E-state index in [2.05, 4.69) is 21.2 Å². The zero-order chi connectivity index (χ0) is 11.5. The Labute approximate surface area is 98.2 Å². The van der Waals surface area contributed by atoms with Crippen molar-refractivity contribution in [2.45, 2.75) is 25.8 Å². The molecule has 84 valence electrons. The first kappa shape index (κ1) is 12.5. The summed E-state index contributed by atoms with van der Waals surface area (Å²) >= 11 is 3.31. The molecule has 0 spiro atoms. The normalized spacial score (nSPS) is 11.5. The van der Waals surface area contributed by atoms with Crippen LogP contribution in [-0.4, -0.2) is 12.1 Å². The van der Waals surface area contributed by atoms with Crippen LogP contribution in [0.1, 0.15) is 20.3 Å². The van der Waals surface area contributed by atoms with Gasteiger partial charge in [-0.15, -0.1) is 0 Å². The molecule has 0 aromatic heterocycles. The first-order valence-electron chi connectivity index (χ1n) is 4.88. The lowest BCUT2D eigenvalue weighted by molar-refractivity contribution is 0.519. The number of nitrogens with one attached hydrogen (secondary N) is 1. The first-order valence-corrected chi connectivity index (χ1v) is 5.67. The topological polar surface area (TPSA) is 38.0 Å². The van der Waals surface area contributed by atoms with E-state index < -0.39 is 0 Å². The molecule has 0 fully saturated rings. The number of benzene rings is 1. The van der Waals surface area contributed by atoms with Crippen molar-refractivity contribution < 1.29 is 4.39 Å². The fourth-order valence-corrected chi connectivity index (χ4v) is 1.74. The number of rotatable bonds is 4. The van der Waals surface area contributed by atoms with Crippen molar-refractivity contribution in [3.8, 4) is 0 Å². The Hall–Kier alpha value is -0.610. The largest absolute Gasteiger partial charge is 0.378 e. The summed E-state index contributed by atoms with van der Waals surface area (Å²) in [4.78, 5) is 0. The molecular formula is C11H16BrFN2. The van der Waals surface area contributed by atoms with E-state index in [4.69, 9.17) is 5.73 Å². The lowest BCUT2D eigenvalue weighted by Crippen LogP contribution is -2.33. The summed E-state index contributed by atoms with van der Waals surface area (Å²) in [6.45, 7) is 4.58. The summed E-state index contributed by atoms with van der Waals surface area (Å²) in [5.41, 5.74) is 5.80. The maximum atomic E-state index is 13.4. The third-order valence-electron chi connectivity index (χ3n) is 2.17. The highest BCUT2D eigenvalue weighted by atomic mass is 79.9. The maximum Gasteiger partial charge on any atom is 0.146 e. The smallest absolute Gasteiger partial charge is 0.146 e.